The Morgan fingerprint density at radius 1 is 1.57 bits per heavy atom. The Kier molecular flexibility index (Phi) is 3.28. The Balaban J connectivity index is 1.82. The minimum atomic E-state index is 0.651. The largest absolute Gasteiger partial charge is 0.358 e. The number of nitrogens with one attached hydrogen (secondary N) is 1. The maximum absolute atomic E-state index is 4.44. The lowest BCUT2D eigenvalue weighted by Crippen LogP contribution is -2.00. The summed E-state index contributed by atoms with van der Waals surface area (Å²) in [6.45, 7) is 4.39. The van der Waals surface area contributed by atoms with Crippen LogP contribution in [0.3, 0.4) is 0 Å². The van der Waals surface area contributed by atoms with Crippen molar-refractivity contribution in [3.8, 4) is 0 Å². The van der Waals surface area contributed by atoms with Crippen LogP contribution in [0.15, 0.2) is 0 Å². The van der Waals surface area contributed by atoms with Gasteiger partial charge in [0.05, 0.1) is 5.75 Å². The molecular formula is C9H15N3S2. The molecule has 1 aliphatic rings. The highest BCUT2D eigenvalue weighted by molar-refractivity contribution is 7.99. The molecule has 14 heavy (non-hydrogen) atoms. The van der Waals surface area contributed by atoms with Crippen molar-refractivity contribution >= 4 is 28.4 Å². The van der Waals surface area contributed by atoms with E-state index in [9.17, 15) is 0 Å². The summed E-state index contributed by atoms with van der Waals surface area (Å²) in [6, 6.07) is 0.675. The molecule has 1 aromatic rings. The fourth-order valence-corrected chi connectivity index (χ4v) is 2.37. The predicted molar refractivity (Wildman–Crippen MR) is 63.0 cm³/mol. The third-order valence-corrected chi connectivity index (χ3v) is 3.69. The molecule has 3 nitrogen and oxygen atoms in total. The van der Waals surface area contributed by atoms with Crippen molar-refractivity contribution in [2.75, 3.05) is 5.32 Å². The quantitative estimate of drug-likeness (QED) is 0.842. The van der Waals surface area contributed by atoms with Crippen molar-refractivity contribution in [2.24, 2.45) is 0 Å². The third kappa shape index (κ3) is 3.13. The van der Waals surface area contributed by atoms with Crippen molar-refractivity contribution < 1.29 is 0 Å². The van der Waals surface area contributed by atoms with Gasteiger partial charge in [-0.15, -0.1) is 0 Å². The Morgan fingerprint density at radius 2 is 2.36 bits per heavy atom. The minimum absolute atomic E-state index is 0.651. The van der Waals surface area contributed by atoms with E-state index in [-0.39, 0.29) is 0 Å². The van der Waals surface area contributed by atoms with Crippen molar-refractivity contribution in [2.45, 2.75) is 43.7 Å². The van der Waals surface area contributed by atoms with Gasteiger partial charge in [0.2, 0.25) is 5.13 Å². The van der Waals surface area contributed by atoms with Gasteiger partial charge >= 0.3 is 0 Å². The van der Waals surface area contributed by atoms with Crippen LogP contribution in [0, 0.1) is 0 Å². The summed E-state index contributed by atoms with van der Waals surface area (Å²) in [7, 11) is 0. The zero-order chi connectivity index (χ0) is 9.97. The molecule has 5 heteroatoms. The highest BCUT2D eigenvalue weighted by atomic mass is 32.2. The number of rotatable bonds is 5. The van der Waals surface area contributed by atoms with E-state index in [1.807, 2.05) is 11.8 Å². The molecule has 0 radical (unpaired) electrons. The van der Waals surface area contributed by atoms with Gasteiger partial charge in [-0.1, -0.05) is 13.8 Å². The lowest BCUT2D eigenvalue weighted by Gasteiger charge is -2.00. The van der Waals surface area contributed by atoms with Crippen molar-refractivity contribution in [1.82, 2.24) is 9.36 Å². The number of thioether (sulfide) groups is 1. The molecule has 0 saturated heterocycles. The molecule has 0 spiro atoms. The van der Waals surface area contributed by atoms with Crippen LogP contribution in [0.2, 0.25) is 0 Å². The molecule has 0 aliphatic heterocycles. The predicted octanol–water partition coefficient (Wildman–Crippen LogP) is 2.75. The fraction of sp³-hybridized carbons (Fsp3) is 0.778. The molecule has 0 amide bonds. The summed E-state index contributed by atoms with van der Waals surface area (Å²) in [4.78, 5) is 4.44. The Bertz CT molecular complexity index is 294. The topological polar surface area (TPSA) is 37.8 Å². The number of hydrogen-bond donors (Lipinski definition) is 1. The SMILES string of the molecule is CC(C)SCc1nsc(NC2CC2)n1. The lowest BCUT2D eigenvalue weighted by atomic mass is 10.6. The summed E-state index contributed by atoms with van der Waals surface area (Å²) >= 11 is 3.37. The van der Waals surface area contributed by atoms with E-state index in [1.165, 1.54) is 24.4 Å². The van der Waals surface area contributed by atoms with E-state index in [2.05, 4.69) is 28.5 Å². The van der Waals surface area contributed by atoms with Crippen molar-refractivity contribution in [1.29, 1.82) is 0 Å². The molecule has 0 atom stereocenters. The van der Waals surface area contributed by atoms with Gasteiger partial charge in [0, 0.05) is 17.6 Å². The maximum Gasteiger partial charge on any atom is 0.202 e. The normalized spacial score (nSPS) is 16.2. The highest BCUT2D eigenvalue weighted by Gasteiger charge is 2.22. The van der Waals surface area contributed by atoms with Crippen LogP contribution in [-0.2, 0) is 5.75 Å². The maximum atomic E-state index is 4.44. The summed E-state index contributed by atoms with van der Waals surface area (Å²) in [5, 5.41) is 5.00. The van der Waals surface area contributed by atoms with Gasteiger partial charge in [-0.2, -0.15) is 16.1 Å². The molecule has 1 fully saturated rings. The van der Waals surface area contributed by atoms with Crippen LogP contribution in [0.4, 0.5) is 5.13 Å². The van der Waals surface area contributed by atoms with Crippen LogP contribution in [0.5, 0.6) is 0 Å². The van der Waals surface area contributed by atoms with Crippen LogP contribution in [0.1, 0.15) is 32.5 Å². The molecule has 1 aromatic heterocycles. The Morgan fingerprint density at radius 3 is 3.00 bits per heavy atom. The Hall–Kier alpha value is -0.290. The summed E-state index contributed by atoms with van der Waals surface area (Å²) in [5.74, 6) is 1.90. The van der Waals surface area contributed by atoms with E-state index >= 15 is 0 Å². The molecule has 0 bridgehead atoms. The van der Waals surface area contributed by atoms with Crippen molar-refractivity contribution in [3.05, 3.63) is 5.82 Å². The summed E-state index contributed by atoms with van der Waals surface area (Å²) in [5.41, 5.74) is 0. The van der Waals surface area contributed by atoms with Gasteiger partial charge < -0.3 is 5.32 Å². The average molecular weight is 229 g/mol. The number of anilines is 1. The Labute approximate surface area is 92.9 Å². The monoisotopic (exact) mass is 229 g/mol. The second-order valence-corrected chi connectivity index (χ2v) is 6.11. The van der Waals surface area contributed by atoms with E-state index in [1.54, 1.807) is 0 Å². The number of hydrogen-bond acceptors (Lipinski definition) is 5. The lowest BCUT2D eigenvalue weighted by molar-refractivity contribution is 1.07. The molecule has 1 heterocycles. The van der Waals surface area contributed by atoms with Gasteiger partial charge in [0.25, 0.3) is 0 Å². The van der Waals surface area contributed by atoms with Crippen LogP contribution in [-0.4, -0.2) is 20.6 Å². The minimum Gasteiger partial charge on any atom is -0.358 e. The first kappa shape index (κ1) is 10.2. The number of aromatic nitrogens is 2. The second-order valence-electron chi connectivity index (χ2n) is 3.79. The molecule has 1 aliphatic carbocycles. The molecule has 78 valence electrons. The first-order valence-corrected chi connectivity index (χ1v) is 6.77. The molecule has 0 unspecified atom stereocenters. The van der Waals surface area contributed by atoms with Gasteiger partial charge in [-0.05, 0) is 18.1 Å². The highest BCUT2D eigenvalue weighted by Crippen LogP contribution is 2.26. The average Bonchev–Trinajstić information content (AvgIpc) is 2.81. The third-order valence-electron chi connectivity index (χ3n) is 1.92. The second kappa shape index (κ2) is 4.49. The summed E-state index contributed by atoms with van der Waals surface area (Å²) in [6.07, 6.45) is 2.57. The van der Waals surface area contributed by atoms with E-state index in [4.69, 9.17) is 0 Å². The van der Waals surface area contributed by atoms with E-state index < -0.39 is 0 Å². The van der Waals surface area contributed by atoms with Gasteiger partial charge in [0.1, 0.15) is 0 Å². The zero-order valence-electron chi connectivity index (χ0n) is 8.49. The smallest absolute Gasteiger partial charge is 0.202 e. The van der Waals surface area contributed by atoms with E-state index in [0.717, 1.165) is 16.7 Å². The van der Waals surface area contributed by atoms with Gasteiger partial charge in [0.15, 0.2) is 5.82 Å². The molecule has 2 rings (SSSR count). The van der Waals surface area contributed by atoms with Gasteiger partial charge in [-0.25, -0.2) is 4.98 Å². The molecule has 0 aromatic carbocycles. The van der Waals surface area contributed by atoms with Crippen LogP contribution >= 0.6 is 23.3 Å². The molecular weight excluding hydrogens is 214 g/mol. The number of nitrogens with zero attached hydrogens (tertiary/aromatic N) is 2. The van der Waals surface area contributed by atoms with Crippen molar-refractivity contribution in [3.63, 3.8) is 0 Å². The standard InChI is InChI=1S/C9H15N3S2/c1-6(2)13-5-8-11-9(14-12-8)10-7-3-4-7/h6-7H,3-5H2,1-2H3,(H,10,11,12). The summed E-state index contributed by atoms with van der Waals surface area (Å²) < 4.78 is 4.32. The van der Waals surface area contributed by atoms with Crippen LogP contribution in [0.25, 0.3) is 0 Å². The zero-order valence-corrected chi connectivity index (χ0v) is 10.1. The first-order valence-electron chi connectivity index (χ1n) is 4.95. The van der Waals surface area contributed by atoms with Gasteiger partial charge in [-0.3, -0.25) is 0 Å². The molecule has 1 N–H and O–H groups in total. The fourth-order valence-electron chi connectivity index (χ4n) is 1.01. The van der Waals surface area contributed by atoms with Crippen LogP contribution < -0.4 is 5.32 Å². The molecule has 1 saturated carbocycles. The first-order chi connectivity index (χ1) is 6.74. The van der Waals surface area contributed by atoms with E-state index in [0.29, 0.717) is 11.3 Å².